The van der Waals surface area contributed by atoms with Gasteiger partial charge < -0.3 is 20.0 Å². The Morgan fingerprint density at radius 2 is 1.61 bits per heavy atom. The number of rotatable bonds is 10. The summed E-state index contributed by atoms with van der Waals surface area (Å²) in [6.45, 7) is 12.1. The summed E-state index contributed by atoms with van der Waals surface area (Å²) in [5.74, 6) is -0.410. The third-order valence-corrected chi connectivity index (χ3v) is 6.85. The van der Waals surface area contributed by atoms with Crippen LogP contribution in [-0.2, 0) is 4.79 Å². The summed E-state index contributed by atoms with van der Waals surface area (Å²) < 4.78 is 13.7. The van der Waals surface area contributed by atoms with Gasteiger partial charge in [0.25, 0.3) is 0 Å². The van der Waals surface area contributed by atoms with Gasteiger partial charge in [0, 0.05) is 36.2 Å². The van der Waals surface area contributed by atoms with E-state index in [2.05, 4.69) is 30.9 Å². The second-order valence-corrected chi connectivity index (χ2v) is 10.6. The van der Waals surface area contributed by atoms with Gasteiger partial charge in [-0.2, -0.15) is 0 Å². The quantitative estimate of drug-likeness (QED) is 0.441. The molecule has 2 aromatic carbocycles. The lowest BCUT2D eigenvalue weighted by atomic mass is 9.87. The Kier molecular flexibility index (Phi) is 9.31. The van der Waals surface area contributed by atoms with Crippen molar-refractivity contribution in [1.29, 1.82) is 0 Å². The van der Waals surface area contributed by atoms with Gasteiger partial charge in [-0.15, -0.1) is 0 Å². The summed E-state index contributed by atoms with van der Waals surface area (Å²) in [6, 6.07) is 15.0. The van der Waals surface area contributed by atoms with Crippen molar-refractivity contribution in [3.63, 3.8) is 0 Å². The molecule has 1 amide bonds. The van der Waals surface area contributed by atoms with Crippen molar-refractivity contribution in [2.45, 2.75) is 96.7 Å². The van der Waals surface area contributed by atoms with Crippen LogP contribution in [-0.4, -0.2) is 57.4 Å². The molecule has 0 saturated heterocycles. The molecule has 2 unspecified atom stereocenters. The fourth-order valence-electron chi connectivity index (χ4n) is 5.53. The van der Waals surface area contributed by atoms with E-state index in [-0.39, 0.29) is 54.7 Å². The number of benzene rings is 2. The van der Waals surface area contributed by atoms with Crippen LogP contribution in [0, 0.1) is 5.82 Å². The number of hydrogen-bond acceptors (Lipinski definition) is 4. The van der Waals surface area contributed by atoms with Crippen LogP contribution >= 0.6 is 0 Å². The van der Waals surface area contributed by atoms with Crippen molar-refractivity contribution in [1.82, 2.24) is 4.90 Å². The number of para-hydroxylation sites is 1. The molecule has 0 spiro atoms. The van der Waals surface area contributed by atoms with Crippen molar-refractivity contribution in [3.05, 3.63) is 77.6 Å². The molecule has 1 aliphatic heterocycles. The second kappa shape index (κ2) is 12.0. The SMILES string of the molecule is CC(C)N(C(=O)C[C@H](O)C[C@H](O)/C=C/C1C(c2ccc(F)cc2)c2ccccc2N1C(C)C)C(C)C. The van der Waals surface area contributed by atoms with Gasteiger partial charge in [0.15, 0.2) is 0 Å². The van der Waals surface area contributed by atoms with E-state index in [1.165, 1.54) is 12.1 Å². The van der Waals surface area contributed by atoms with Gasteiger partial charge in [0.1, 0.15) is 5.82 Å². The van der Waals surface area contributed by atoms with Crippen molar-refractivity contribution >= 4 is 11.6 Å². The average molecular weight is 497 g/mol. The van der Waals surface area contributed by atoms with Crippen molar-refractivity contribution in [3.8, 4) is 0 Å². The maximum absolute atomic E-state index is 13.7. The smallest absolute Gasteiger partial charge is 0.225 e. The molecule has 1 aliphatic rings. The summed E-state index contributed by atoms with van der Waals surface area (Å²) in [6.07, 6.45) is 1.93. The topological polar surface area (TPSA) is 64.0 Å². The molecule has 0 radical (unpaired) electrons. The van der Waals surface area contributed by atoms with E-state index in [1.54, 1.807) is 11.0 Å². The van der Waals surface area contributed by atoms with Gasteiger partial charge in [-0.25, -0.2) is 4.39 Å². The molecule has 0 bridgehead atoms. The van der Waals surface area contributed by atoms with E-state index in [9.17, 15) is 19.4 Å². The molecule has 196 valence electrons. The number of amides is 1. The maximum Gasteiger partial charge on any atom is 0.225 e. The van der Waals surface area contributed by atoms with E-state index in [0.717, 1.165) is 16.8 Å². The highest BCUT2D eigenvalue weighted by molar-refractivity contribution is 5.77. The number of fused-ring (bicyclic) bond motifs is 1. The molecule has 2 N–H and O–H groups in total. The van der Waals surface area contributed by atoms with E-state index in [0.29, 0.717) is 0 Å². The zero-order valence-electron chi connectivity index (χ0n) is 22.3. The van der Waals surface area contributed by atoms with Gasteiger partial charge in [-0.3, -0.25) is 4.79 Å². The Hall–Kier alpha value is -2.70. The summed E-state index contributed by atoms with van der Waals surface area (Å²) >= 11 is 0. The molecular formula is C30H41FN2O3. The number of halogens is 1. The zero-order valence-corrected chi connectivity index (χ0v) is 22.3. The highest BCUT2D eigenvalue weighted by Crippen LogP contribution is 2.46. The number of nitrogens with zero attached hydrogens (tertiary/aromatic N) is 2. The van der Waals surface area contributed by atoms with Crippen LogP contribution in [0.1, 0.15) is 71.4 Å². The molecule has 1 heterocycles. The van der Waals surface area contributed by atoms with Gasteiger partial charge in [-0.1, -0.05) is 42.5 Å². The molecule has 0 fully saturated rings. The Morgan fingerprint density at radius 3 is 2.19 bits per heavy atom. The van der Waals surface area contributed by atoms with Crippen molar-refractivity contribution < 1.29 is 19.4 Å². The monoisotopic (exact) mass is 496 g/mol. The average Bonchev–Trinajstić information content (AvgIpc) is 3.12. The predicted molar refractivity (Wildman–Crippen MR) is 144 cm³/mol. The molecule has 4 atom stereocenters. The van der Waals surface area contributed by atoms with Crippen LogP contribution in [0.15, 0.2) is 60.7 Å². The van der Waals surface area contributed by atoms with Crippen LogP contribution in [0.3, 0.4) is 0 Å². The standard InChI is InChI=1S/C30H41FN2O3/c1-19(2)32(20(3)4)29(36)18-25(35)17-24(34)15-16-28-30(22-11-13-23(31)14-12-22)26-9-7-8-10-27(26)33(28)21(5)6/h7-16,19-21,24-25,28,30,34-35H,17-18H2,1-6H3/b16-15+/t24-,25-,28?,30?/m1/s1. The van der Waals surface area contributed by atoms with Crippen molar-refractivity contribution in [2.75, 3.05) is 4.90 Å². The molecule has 0 aliphatic carbocycles. The van der Waals surface area contributed by atoms with E-state index in [1.807, 2.05) is 58.0 Å². The van der Waals surface area contributed by atoms with E-state index in [4.69, 9.17) is 0 Å². The lowest BCUT2D eigenvalue weighted by Crippen LogP contribution is -2.43. The first-order chi connectivity index (χ1) is 17.0. The Balaban J connectivity index is 1.79. The van der Waals surface area contributed by atoms with E-state index < -0.39 is 12.2 Å². The molecular weight excluding hydrogens is 455 g/mol. The van der Waals surface area contributed by atoms with Gasteiger partial charge in [0.2, 0.25) is 5.91 Å². The first kappa shape index (κ1) is 27.9. The number of anilines is 1. The fraction of sp³-hybridized carbons (Fsp3) is 0.500. The zero-order chi connectivity index (χ0) is 26.6. The van der Waals surface area contributed by atoms with Crippen LogP contribution in [0.25, 0.3) is 0 Å². The predicted octanol–water partition coefficient (Wildman–Crippen LogP) is 5.26. The summed E-state index contributed by atoms with van der Waals surface area (Å²) in [5.41, 5.74) is 3.29. The second-order valence-electron chi connectivity index (χ2n) is 10.6. The highest BCUT2D eigenvalue weighted by atomic mass is 19.1. The molecule has 2 aromatic rings. The van der Waals surface area contributed by atoms with Crippen LogP contribution in [0.4, 0.5) is 10.1 Å². The molecule has 6 heteroatoms. The maximum atomic E-state index is 13.7. The Bertz CT molecular complexity index is 1030. The molecule has 0 saturated carbocycles. The summed E-state index contributed by atoms with van der Waals surface area (Å²) in [5, 5.41) is 21.3. The van der Waals surface area contributed by atoms with Crippen LogP contribution in [0.2, 0.25) is 0 Å². The minimum absolute atomic E-state index is 0.0214. The van der Waals surface area contributed by atoms with Gasteiger partial charge in [0.05, 0.1) is 24.7 Å². The largest absolute Gasteiger partial charge is 0.392 e. The number of aliphatic hydroxyl groups is 2. The fourth-order valence-corrected chi connectivity index (χ4v) is 5.53. The highest BCUT2D eigenvalue weighted by Gasteiger charge is 2.39. The third kappa shape index (κ3) is 6.34. The molecule has 3 rings (SSSR count). The van der Waals surface area contributed by atoms with Gasteiger partial charge in [-0.05, 0) is 70.9 Å². The number of carbonyl (C=O) groups excluding carboxylic acids is 1. The minimum atomic E-state index is -0.938. The first-order valence-corrected chi connectivity index (χ1v) is 13.0. The summed E-state index contributed by atoms with van der Waals surface area (Å²) in [4.78, 5) is 16.8. The molecule has 36 heavy (non-hydrogen) atoms. The van der Waals surface area contributed by atoms with E-state index >= 15 is 0 Å². The minimum Gasteiger partial charge on any atom is -0.392 e. The summed E-state index contributed by atoms with van der Waals surface area (Å²) in [7, 11) is 0. The van der Waals surface area contributed by atoms with Crippen LogP contribution in [0.5, 0.6) is 0 Å². The number of carbonyl (C=O) groups is 1. The number of aliphatic hydroxyl groups excluding tert-OH is 2. The van der Waals surface area contributed by atoms with Gasteiger partial charge >= 0.3 is 0 Å². The normalized spacial score (nSPS) is 19.4. The third-order valence-electron chi connectivity index (χ3n) is 6.85. The number of hydrogen-bond donors (Lipinski definition) is 2. The lowest BCUT2D eigenvalue weighted by molar-refractivity contribution is -0.137. The first-order valence-electron chi connectivity index (χ1n) is 13.0. The van der Waals surface area contributed by atoms with Crippen molar-refractivity contribution in [2.24, 2.45) is 0 Å². The molecule has 5 nitrogen and oxygen atoms in total. The Labute approximate surface area is 215 Å². The lowest BCUT2D eigenvalue weighted by Gasteiger charge is -2.32. The molecule has 0 aromatic heterocycles. The van der Waals surface area contributed by atoms with Crippen LogP contribution < -0.4 is 4.90 Å². The Morgan fingerprint density at radius 1 is 1.00 bits per heavy atom.